The minimum absolute atomic E-state index is 0.217. The second-order valence-corrected chi connectivity index (χ2v) is 3.91. The molecule has 1 unspecified atom stereocenters. The number of hydrogen-bond donors (Lipinski definition) is 2. The van der Waals surface area contributed by atoms with Gasteiger partial charge in [0, 0.05) is 11.6 Å². The molecule has 4 heteroatoms. The van der Waals surface area contributed by atoms with Crippen molar-refractivity contribution in [2.24, 2.45) is 0 Å². The third kappa shape index (κ3) is 2.02. The molecule has 0 saturated carbocycles. The van der Waals surface area contributed by atoms with Crippen molar-refractivity contribution in [2.45, 2.75) is 18.9 Å². The molecule has 1 aliphatic heterocycles. The van der Waals surface area contributed by atoms with Crippen LogP contribution in [0.1, 0.15) is 34.8 Å². The molecular formula is C12H15NO3. The highest BCUT2D eigenvalue weighted by atomic mass is 16.5. The number of methoxy groups -OCH3 is 1. The van der Waals surface area contributed by atoms with E-state index < -0.39 is 5.97 Å². The molecule has 1 aromatic rings. The first kappa shape index (κ1) is 11.0. The smallest absolute Gasteiger partial charge is 0.335 e. The molecule has 4 nitrogen and oxygen atoms in total. The lowest BCUT2D eigenvalue weighted by atomic mass is 10.0. The van der Waals surface area contributed by atoms with E-state index >= 15 is 0 Å². The van der Waals surface area contributed by atoms with Crippen LogP contribution in [-0.4, -0.2) is 24.7 Å². The fourth-order valence-electron chi connectivity index (χ4n) is 2.09. The van der Waals surface area contributed by atoms with Crippen LogP contribution in [0.2, 0.25) is 0 Å². The molecule has 1 saturated heterocycles. The Morgan fingerprint density at radius 3 is 2.94 bits per heavy atom. The Kier molecular flexibility index (Phi) is 3.10. The van der Waals surface area contributed by atoms with Crippen molar-refractivity contribution >= 4 is 5.97 Å². The number of aromatic carboxylic acids is 1. The van der Waals surface area contributed by atoms with Crippen molar-refractivity contribution in [3.05, 3.63) is 29.3 Å². The summed E-state index contributed by atoms with van der Waals surface area (Å²) in [5.74, 6) is -0.147. The SMILES string of the molecule is COc1ccc(C(=O)O)cc1C1CCCN1. The van der Waals surface area contributed by atoms with Gasteiger partial charge >= 0.3 is 5.97 Å². The third-order valence-electron chi connectivity index (χ3n) is 2.91. The zero-order valence-corrected chi connectivity index (χ0v) is 9.19. The van der Waals surface area contributed by atoms with Gasteiger partial charge in [-0.1, -0.05) is 0 Å². The van der Waals surface area contributed by atoms with Gasteiger partial charge in [-0.15, -0.1) is 0 Å². The number of ether oxygens (including phenoxy) is 1. The van der Waals surface area contributed by atoms with E-state index in [9.17, 15) is 4.79 Å². The number of carboxylic acid groups (broad SMARTS) is 1. The van der Waals surface area contributed by atoms with Gasteiger partial charge in [0.1, 0.15) is 5.75 Å². The normalized spacial score (nSPS) is 19.7. The molecule has 0 bridgehead atoms. The molecule has 0 aromatic heterocycles. The minimum Gasteiger partial charge on any atom is -0.496 e. The predicted octanol–water partition coefficient (Wildman–Crippen LogP) is 1.82. The van der Waals surface area contributed by atoms with Gasteiger partial charge in [0.15, 0.2) is 0 Å². The van der Waals surface area contributed by atoms with E-state index in [0.717, 1.165) is 30.7 Å². The Balaban J connectivity index is 2.38. The van der Waals surface area contributed by atoms with E-state index in [1.54, 1.807) is 25.3 Å². The van der Waals surface area contributed by atoms with Crippen LogP contribution >= 0.6 is 0 Å². The van der Waals surface area contributed by atoms with Crippen LogP contribution in [-0.2, 0) is 0 Å². The summed E-state index contributed by atoms with van der Waals surface area (Å²) < 4.78 is 5.26. The molecule has 1 fully saturated rings. The monoisotopic (exact) mass is 221 g/mol. The molecule has 1 atom stereocenters. The second kappa shape index (κ2) is 4.53. The maximum absolute atomic E-state index is 10.9. The van der Waals surface area contributed by atoms with Crippen molar-refractivity contribution in [3.8, 4) is 5.75 Å². The zero-order valence-electron chi connectivity index (χ0n) is 9.19. The number of hydrogen-bond acceptors (Lipinski definition) is 3. The van der Waals surface area contributed by atoms with Crippen molar-refractivity contribution in [2.75, 3.05) is 13.7 Å². The standard InChI is InChI=1S/C12H15NO3/c1-16-11-5-4-8(12(14)15)7-9(11)10-3-2-6-13-10/h4-5,7,10,13H,2-3,6H2,1H3,(H,14,15). The first-order valence-electron chi connectivity index (χ1n) is 5.37. The summed E-state index contributed by atoms with van der Waals surface area (Å²) in [6.45, 7) is 0.977. The fraction of sp³-hybridized carbons (Fsp3) is 0.417. The van der Waals surface area contributed by atoms with E-state index in [1.807, 2.05) is 0 Å². The summed E-state index contributed by atoms with van der Waals surface area (Å²) in [5, 5.41) is 12.3. The average molecular weight is 221 g/mol. The van der Waals surface area contributed by atoms with Crippen LogP contribution in [0.15, 0.2) is 18.2 Å². The van der Waals surface area contributed by atoms with Crippen LogP contribution in [0.25, 0.3) is 0 Å². The number of benzene rings is 1. The Hall–Kier alpha value is -1.55. The maximum Gasteiger partial charge on any atom is 0.335 e. The largest absolute Gasteiger partial charge is 0.496 e. The Bertz CT molecular complexity index is 397. The number of carbonyl (C=O) groups is 1. The molecule has 0 spiro atoms. The molecule has 16 heavy (non-hydrogen) atoms. The van der Waals surface area contributed by atoms with Gasteiger partial charge in [0.05, 0.1) is 12.7 Å². The van der Waals surface area contributed by atoms with Gasteiger partial charge in [0.25, 0.3) is 0 Å². The predicted molar refractivity (Wildman–Crippen MR) is 59.9 cm³/mol. The highest BCUT2D eigenvalue weighted by molar-refractivity contribution is 5.88. The lowest BCUT2D eigenvalue weighted by Crippen LogP contribution is -2.14. The molecule has 0 aliphatic carbocycles. The number of nitrogens with one attached hydrogen (secondary N) is 1. The Morgan fingerprint density at radius 1 is 1.56 bits per heavy atom. The summed E-state index contributed by atoms with van der Waals surface area (Å²) in [4.78, 5) is 10.9. The quantitative estimate of drug-likeness (QED) is 0.817. The fourth-order valence-corrected chi connectivity index (χ4v) is 2.09. The zero-order chi connectivity index (χ0) is 11.5. The van der Waals surface area contributed by atoms with E-state index in [-0.39, 0.29) is 6.04 Å². The molecule has 1 heterocycles. The van der Waals surface area contributed by atoms with Gasteiger partial charge < -0.3 is 15.2 Å². The maximum atomic E-state index is 10.9. The summed E-state index contributed by atoms with van der Waals surface area (Å²) in [6.07, 6.45) is 2.14. The van der Waals surface area contributed by atoms with Crippen LogP contribution in [0.5, 0.6) is 5.75 Å². The molecule has 0 amide bonds. The minimum atomic E-state index is -0.901. The molecule has 86 valence electrons. The molecule has 1 aliphatic rings. The summed E-state index contributed by atoms with van der Waals surface area (Å²) in [7, 11) is 1.61. The lowest BCUT2D eigenvalue weighted by Gasteiger charge is -2.15. The van der Waals surface area contributed by atoms with E-state index in [4.69, 9.17) is 9.84 Å². The third-order valence-corrected chi connectivity index (χ3v) is 2.91. The van der Waals surface area contributed by atoms with Gasteiger partial charge in [-0.05, 0) is 37.6 Å². The topological polar surface area (TPSA) is 58.6 Å². The number of carboxylic acids is 1. The van der Waals surface area contributed by atoms with Crippen LogP contribution in [0, 0.1) is 0 Å². The van der Waals surface area contributed by atoms with Crippen LogP contribution in [0.4, 0.5) is 0 Å². The Morgan fingerprint density at radius 2 is 2.38 bits per heavy atom. The first-order chi connectivity index (χ1) is 7.72. The summed E-state index contributed by atoms with van der Waals surface area (Å²) in [6, 6.07) is 5.21. The van der Waals surface area contributed by atoms with Crippen molar-refractivity contribution in [1.29, 1.82) is 0 Å². The molecule has 2 N–H and O–H groups in total. The lowest BCUT2D eigenvalue weighted by molar-refractivity contribution is 0.0696. The van der Waals surface area contributed by atoms with E-state index in [2.05, 4.69) is 5.32 Å². The van der Waals surface area contributed by atoms with Crippen molar-refractivity contribution < 1.29 is 14.6 Å². The molecule has 2 rings (SSSR count). The summed E-state index contributed by atoms with van der Waals surface area (Å²) in [5.41, 5.74) is 1.25. The number of rotatable bonds is 3. The van der Waals surface area contributed by atoms with E-state index in [1.165, 1.54) is 0 Å². The highest BCUT2D eigenvalue weighted by Gasteiger charge is 2.21. The molecule has 0 radical (unpaired) electrons. The first-order valence-corrected chi connectivity index (χ1v) is 5.37. The molecular weight excluding hydrogens is 206 g/mol. The summed E-state index contributed by atoms with van der Waals surface area (Å²) >= 11 is 0. The van der Waals surface area contributed by atoms with Crippen molar-refractivity contribution in [3.63, 3.8) is 0 Å². The van der Waals surface area contributed by atoms with Gasteiger partial charge in [-0.25, -0.2) is 4.79 Å². The molecule has 1 aromatic carbocycles. The van der Waals surface area contributed by atoms with E-state index in [0.29, 0.717) is 5.56 Å². The second-order valence-electron chi connectivity index (χ2n) is 3.91. The van der Waals surface area contributed by atoms with Crippen LogP contribution in [0.3, 0.4) is 0 Å². The van der Waals surface area contributed by atoms with Crippen LogP contribution < -0.4 is 10.1 Å². The van der Waals surface area contributed by atoms with Gasteiger partial charge in [-0.3, -0.25) is 0 Å². The Labute approximate surface area is 94.2 Å². The van der Waals surface area contributed by atoms with Gasteiger partial charge in [-0.2, -0.15) is 0 Å². The van der Waals surface area contributed by atoms with Gasteiger partial charge in [0.2, 0.25) is 0 Å². The highest BCUT2D eigenvalue weighted by Crippen LogP contribution is 2.31. The average Bonchev–Trinajstić information content (AvgIpc) is 2.81. The van der Waals surface area contributed by atoms with Crippen molar-refractivity contribution in [1.82, 2.24) is 5.32 Å².